The van der Waals surface area contributed by atoms with Crippen LogP contribution in [0.2, 0.25) is 0 Å². The first-order valence-corrected chi connectivity index (χ1v) is 6.93. The third-order valence-corrected chi connectivity index (χ3v) is 2.81. The van der Waals surface area contributed by atoms with E-state index in [1.165, 1.54) is 0 Å². The highest BCUT2D eigenvalue weighted by Crippen LogP contribution is 2.30. The molecule has 1 aromatic rings. The van der Waals surface area contributed by atoms with Gasteiger partial charge in [0.05, 0.1) is 13.7 Å². The normalized spacial score (nSPS) is 11.8. The van der Waals surface area contributed by atoms with E-state index in [4.69, 9.17) is 15.2 Å². The van der Waals surface area contributed by atoms with Crippen LogP contribution in [0.4, 0.5) is 5.69 Å². The van der Waals surface area contributed by atoms with Crippen molar-refractivity contribution in [3.63, 3.8) is 0 Å². The average molecular weight is 280 g/mol. The number of hydrogen-bond acceptors (Lipinski definition) is 4. The first kappa shape index (κ1) is 16.3. The van der Waals surface area contributed by atoms with Gasteiger partial charge in [0.25, 0.3) is 0 Å². The fraction of sp³-hybridized carbons (Fsp3) is 0.533. The lowest BCUT2D eigenvalue weighted by Crippen LogP contribution is -2.16. The Morgan fingerprint density at radius 2 is 2.15 bits per heavy atom. The zero-order valence-corrected chi connectivity index (χ0v) is 12.4. The minimum absolute atomic E-state index is 0.0155. The van der Waals surface area contributed by atoms with Crippen LogP contribution in [0.25, 0.3) is 0 Å². The number of amides is 1. The summed E-state index contributed by atoms with van der Waals surface area (Å²) in [5.74, 6) is 1.27. The van der Waals surface area contributed by atoms with Gasteiger partial charge in [-0.1, -0.05) is 0 Å². The smallest absolute Gasteiger partial charge is 0.224 e. The van der Waals surface area contributed by atoms with Crippen molar-refractivity contribution >= 4 is 11.6 Å². The molecule has 0 aliphatic heterocycles. The monoisotopic (exact) mass is 280 g/mol. The van der Waals surface area contributed by atoms with Gasteiger partial charge >= 0.3 is 0 Å². The molecule has 0 spiro atoms. The Labute approximate surface area is 120 Å². The van der Waals surface area contributed by atoms with Gasteiger partial charge < -0.3 is 20.5 Å². The van der Waals surface area contributed by atoms with E-state index in [-0.39, 0.29) is 11.9 Å². The van der Waals surface area contributed by atoms with Crippen LogP contribution in [0.3, 0.4) is 0 Å². The third-order valence-electron chi connectivity index (χ3n) is 2.81. The van der Waals surface area contributed by atoms with E-state index in [1.54, 1.807) is 25.3 Å². The van der Waals surface area contributed by atoms with Gasteiger partial charge in [0.15, 0.2) is 11.5 Å². The zero-order valence-electron chi connectivity index (χ0n) is 12.4. The fourth-order valence-electron chi connectivity index (χ4n) is 1.83. The predicted octanol–water partition coefficient (Wildman–Crippen LogP) is 2.55. The van der Waals surface area contributed by atoms with Crippen LogP contribution in [0.5, 0.6) is 11.5 Å². The van der Waals surface area contributed by atoms with E-state index >= 15 is 0 Å². The molecule has 20 heavy (non-hydrogen) atoms. The largest absolute Gasteiger partial charge is 0.493 e. The van der Waals surface area contributed by atoms with Crippen molar-refractivity contribution in [3.05, 3.63) is 18.2 Å². The first-order chi connectivity index (χ1) is 9.56. The van der Waals surface area contributed by atoms with Gasteiger partial charge in [-0.05, 0) is 38.8 Å². The van der Waals surface area contributed by atoms with Crippen LogP contribution < -0.4 is 20.5 Å². The topological polar surface area (TPSA) is 73.6 Å². The summed E-state index contributed by atoms with van der Waals surface area (Å²) in [4.78, 5) is 11.8. The minimum atomic E-state index is -0.0155. The lowest BCUT2D eigenvalue weighted by molar-refractivity contribution is -0.116. The van der Waals surface area contributed by atoms with Gasteiger partial charge in [-0.3, -0.25) is 4.79 Å². The zero-order chi connectivity index (χ0) is 15.0. The predicted molar refractivity (Wildman–Crippen MR) is 80.3 cm³/mol. The molecular weight excluding hydrogens is 256 g/mol. The second-order valence-corrected chi connectivity index (χ2v) is 4.72. The fourth-order valence-corrected chi connectivity index (χ4v) is 1.83. The number of benzene rings is 1. The number of carbonyl (C=O) groups excluding carboxylic acids is 1. The lowest BCUT2D eigenvalue weighted by Gasteiger charge is -2.12. The van der Waals surface area contributed by atoms with Crippen LogP contribution in [0, 0.1) is 0 Å². The maximum Gasteiger partial charge on any atom is 0.224 e. The van der Waals surface area contributed by atoms with Gasteiger partial charge in [0, 0.05) is 24.2 Å². The summed E-state index contributed by atoms with van der Waals surface area (Å²) in [7, 11) is 1.59. The summed E-state index contributed by atoms with van der Waals surface area (Å²) in [6.45, 7) is 4.39. The van der Waals surface area contributed by atoms with E-state index in [2.05, 4.69) is 5.32 Å². The summed E-state index contributed by atoms with van der Waals surface area (Å²) in [5.41, 5.74) is 6.36. The molecule has 0 saturated carbocycles. The standard InChI is InChI=1S/C15H24N2O3/c1-4-20-14-10-12(8-9-13(14)19-3)17-15(18)7-5-6-11(2)16/h8-11H,4-7,16H2,1-3H3,(H,17,18). The summed E-state index contributed by atoms with van der Waals surface area (Å²) in [5, 5.41) is 2.85. The number of carbonyl (C=O) groups is 1. The first-order valence-electron chi connectivity index (χ1n) is 6.93. The van der Waals surface area contributed by atoms with E-state index < -0.39 is 0 Å². The van der Waals surface area contributed by atoms with E-state index in [1.807, 2.05) is 13.8 Å². The number of nitrogens with two attached hydrogens (primary N) is 1. The molecule has 0 fully saturated rings. The van der Waals surface area contributed by atoms with Gasteiger partial charge in [0.2, 0.25) is 5.91 Å². The lowest BCUT2D eigenvalue weighted by atomic mass is 10.1. The number of anilines is 1. The van der Waals surface area contributed by atoms with Crippen molar-refractivity contribution in [2.75, 3.05) is 19.0 Å². The maximum atomic E-state index is 11.8. The van der Waals surface area contributed by atoms with Crippen LogP contribution in [0.15, 0.2) is 18.2 Å². The molecule has 1 rings (SSSR count). The van der Waals surface area contributed by atoms with E-state index in [0.717, 1.165) is 12.8 Å². The molecular formula is C15H24N2O3. The summed E-state index contributed by atoms with van der Waals surface area (Å²) in [6.07, 6.45) is 2.11. The van der Waals surface area contributed by atoms with Crippen LogP contribution in [0.1, 0.15) is 33.1 Å². The molecule has 112 valence electrons. The number of nitrogens with one attached hydrogen (secondary N) is 1. The van der Waals surface area contributed by atoms with Crippen LogP contribution in [-0.4, -0.2) is 25.7 Å². The molecule has 1 aromatic carbocycles. The number of hydrogen-bond donors (Lipinski definition) is 2. The van der Waals surface area contributed by atoms with Crippen molar-refractivity contribution in [2.45, 2.75) is 39.2 Å². The second kappa shape index (κ2) is 8.43. The Morgan fingerprint density at radius 1 is 1.40 bits per heavy atom. The highest BCUT2D eigenvalue weighted by atomic mass is 16.5. The number of methoxy groups -OCH3 is 1. The highest BCUT2D eigenvalue weighted by Gasteiger charge is 2.08. The Bertz CT molecular complexity index is 433. The number of rotatable bonds is 8. The van der Waals surface area contributed by atoms with Crippen molar-refractivity contribution < 1.29 is 14.3 Å². The van der Waals surface area contributed by atoms with Gasteiger partial charge in [-0.25, -0.2) is 0 Å². The molecule has 0 aromatic heterocycles. The Hall–Kier alpha value is -1.75. The van der Waals surface area contributed by atoms with Gasteiger partial charge in [-0.15, -0.1) is 0 Å². The van der Waals surface area contributed by atoms with E-state index in [0.29, 0.717) is 30.2 Å². The van der Waals surface area contributed by atoms with Crippen LogP contribution >= 0.6 is 0 Å². The summed E-state index contributed by atoms with van der Waals surface area (Å²) < 4.78 is 10.7. The molecule has 5 nitrogen and oxygen atoms in total. The van der Waals surface area contributed by atoms with Crippen molar-refractivity contribution in [3.8, 4) is 11.5 Å². The Morgan fingerprint density at radius 3 is 2.75 bits per heavy atom. The average Bonchev–Trinajstić information content (AvgIpc) is 2.39. The molecule has 3 N–H and O–H groups in total. The molecule has 0 aliphatic rings. The van der Waals surface area contributed by atoms with Crippen LogP contribution in [-0.2, 0) is 4.79 Å². The van der Waals surface area contributed by atoms with Gasteiger partial charge in [-0.2, -0.15) is 0 Å². The molecule has 1 atom stereocenters. The number of ether oxygens (including phenoxy) is 2. The maximum absolute atomic E-state index is 11.8. The second-order valence-electron chi connectivity index (χ2n) is 4.72. The summed E-state index contributed by atoms with van der Waals surface area (Å²) >= 11 is 0. The molecule has 1 unspecified atom stereocenters. The molecule has 5 heteroatoms. The quantitative estimate of drug-likeness (QED) is 0.767. The summed E-state index contributed by atoms with van der Waals surface area (Å²) in [6, 6.07) is 5.48. The highest BCUT2D eigenvalue weighted by molar-refractivity contribution is 5.91. The van der Waals surface area contributed by atoms with Crippen molar-refractivity contribution in [1.29, 1.82) is 0 Å². The van der Waals surface area contributed by atoms with Crippen molar-refractivity contribution in [2.24, 2.45) is 5.73 Å². The third kappa shape index (κ3) is 5.48. The molecule has 0 radical (unpaired) electrons. The molecule has 0 aliphatic carbocycles. The molecule has 0 heterocycles. The Kier molecular flexibility index (Phi) is 6.87. The van der Waals surface area contributed by atoms with E-state index in [9.17, 15) is 4.79 Å². The Balaban J connectivity index is 2.58. The molecule has 0 bridgehead atoms. The minimum Gasteiger partial charge on any atom is -0.493 e. The van der Waals surface area contributed by atoms with Crippen molar-refractivity contribution in [1.82, 2.24) is 0 Å². The van der Waals surface area contributed by atoms with Gasteiger partial charge in [0.1, 0.15) is 0 Å². The molecule has 1 amide bonds. The SMILES string of the molecule is CCOc1cc(NC(=O)CCCC(C)N)ccc1OC. The molecule has 0 saturated heterocycles.